The van der Waals surface area contributed by atoms with Gasteiger partial charge in [-0.25, -0.2) is 8.42 Å². The van der Waals surface area contributed by atoms with Crippen LogP contribution in [0.15, 0.2) is 14.1 Å². The summed E-state index contributed by atoms with van der Waals surface area (Å²) >= 11 is 4.73. The molecule has 0 unspecified atom stereocenters. The number of piperidine rings is 1. The number of sulfonamides is 1. The van der Waals surface area contributed by atoms with Crippen molar-refractivity contribution >= 4 is 37.3 Å². The third-order valence-electron chi connectivity index (χ3n) is 3.82. The van der Waals surface area contributed by atoms with E-state index in [2.05, 4.69) is 21.2 Å². The third-order valence-corrected chi connectivity index (χ3v) is 8.27. The third kappa shape index (κ3) is 4.28. The Morgan fingerprint density at radius 3 is 2.62 bits per heavy atom. The number of aryl methyl sites for hydroxylation is 1. The summed E-state index contributed by atoms with van der Waals surface area (Å²) in [5.74, 6) is 0.470. The van der Waals surface area contributed by atoms with Crippen LogP contribution in [0.4, 0.5) is 0 Å². The van der Waals surface area contributed by atoms with Crippen molar-refractivity contribution in [3.05, 3.63) is 15.4 Å². The topological polar surface area (TPSA) is 49.4 Å². The summed E-state index contributed by atoms with van der Waals surface area (Å²) < 4.78 is 28.8. The van der Waals surface area contributed by atoms with E-state index in [4.69, 9.17) is 0 Å². The zero-order valence-corrected chi connectivity index (χ0v) is 15.8. The first kappa shape index (κ1) is 17.4. The van der Waals surface area contributed by atoms with E-state index in [1.807, 2.05) is 13.8 Å². The molecular weight excluding hydrogens is 372 g/mol. The first-order valence-corrected chi connectivity index (χ1v) is 10.5. The summed E-state index contributed by atoms with van der Waals surface area (Å²) in [4.78, 5) is 0. The van der Waals surface area contributed by atoms with Crippen molar-refractivity contribution < 1.29 is 8.42 Å². The van der Waals surface area contributed by atoms with Crippen molar-refractivity contribution in [3.63, 3.8) is 0 Å². The van der Waals surface area contributed by atoms with E-state index in [0.717, 1.165) is 41.7 Å². The van der Waals surface area contributed by atoms with Crippen molar-refractivity contribution in [2.24, 2.45) is 5.92 Å². The summed E-state index contributed by atoms with van der Waals surface area (Å²) in [7, 11) is -3.36. The highest BCUT2D eigenvalue weighted by atomic mass is 79.9. The Morgan fingerprint density at radius 2 is 2.10 bits per heavy atom. The lowest BCUT2D eigenvalue weighted by Gasteiger charge is -2.29. The summed E-state index contributed by atoms with van der Waals surface area (Å²) in [6, 6.07) is 1.77. The summed E-state index contributed by atoms with van der Waals surface area (Å²) in [5.41, 5.74) is 0.983. The van der Waals surface area contributed by atoms with E-state index in [1.54, 1.807) is 10.4 Å². The fraction of sp³-hybridized carbons (Fsp3) is 0.714. The number of hydrogen-bond acceptors (Lipinski definition) is 4. The molecule has 1 fully saturated rings. The van der Waals surface area contributed by atoms with Crippen LogP contribution in [-0.4, -0.2) is 38.9 Å². The van der Waals surface area contributed by atoms with Gasteiger partial charge in [-0.15, -0.1) is 11.3 Å². The van der Waals surface area contributed by atoms with Crippen LogP contribution in [0.1, 0.15) is 31.7 Å². The Hall–Kier alpha value is 0.0500. The number of nitrogens with zero attached hydrogens (tertiary/aromatic N) is 1. The molecular formula is C14H23BrN2O2S2. The zero-order chi connectivity index (χ0) is 15.5. The van der Waals surface area contributed by atoms with Gasteiger partial charge >= 0.3 is 0 Å². The van der Waals surface area contributed by atoms with Gasteiger partial charge in [0.05, 0.1) is 3.79 Å². The minimum Gasteiger partial charge on any atom is -0.317 e. The Balaban J connectivity index is 2.18. The molecule has 1 aromatic heterocycles. The number of halogens is 1. The summed E-state index contributed by atoms with van der Waals surface area (Å²) in [6.45, 7) is 7.19. The van der Waals surface area contributed by atoms with Crippen LogP contribution in [0.3, 0.4) is 0 Å². The van der Waals surface area contributed by atoms with E-state index in [0.29, 0.717) is 23.2 Å². The van der Waals surface area contributed by atoms with E-state index < -0.39 is 10.0 Å². The van der Waals surface area contributed by atoms with Gasteiger partial charge in [0.2, 0.25) is 0 Å². The minimum absolute atomic E-state index is 0.453. The van der Waals surface area contributed by atoms with Gasteiger partial charge < -0.3 is 5.32 Å². The monoisotopic (exact) mass is 394 g/mol. The summed E-state index contributed by atoms with van der Waals surface area (Å²) in [6.07, 6.45) is 2.96. The van der Waals surface area contributed by atoms with Crippen LogP contribution in [-0.2, 0) is 10.0 Å². The first-order valence-electron chi connectivity index (χ1n) is 7.42. The lowest BCUT2D eigenvalue weighted by atomic mass is 9.98. The maximum absolute atomic E-state index is 12.9. The smallest absolute Gasteiger partial charge is 0.252 e. The molecule has 0 amide bonds. The van der Waals surface area contributed by atoms with E-state index >= 15 is 0 Å². The quantitative estimate of drug-likeness (QED) is 0.805. The fourth-order valence-corrected chi connectivity index (χ4v) is 6.59. The molecule has 0 spiro atoms. The van der Waals surface area contributed by atoms with Gasteiger partial charge in [-0.3, -0.25) is 0 Å². The Bertz CT molecular complexity index is 546. The molecule has 7 heteroatoms. The van der Waals surface area contributed by atoms with Crippen LogP contribution in [0.2, 0.25) is 0 Å². The van der Waals surface area contributed by atoms with Crippen LogP contribution < -0.4 is 5.32 Å². The maximum Gasteiger partial charge on any atom is 0.252 e. The van der Waals surface area contributed by atoms with Crippen molar-refractivity contribution in [1.82, 2.24) is 9.62 Å². The first-order chi connectivity index (χ1) is 9.95. The fourth-order valence-electron chi connectivity index (χ4n) is 2.60. The average molecular weight is 395 g/mol. The van der Waals surface area contributed by atoms with Gasteiger partial charge in [-0.1, -0.05) is 6.92 Å². The molecule has 2 rings (SSSR count). The molecule has 120 valence electrons. The molecule has 0 aliphatic carbocycles. The zero-order valence-electron chi connectivity index (χ0n) is 12.6. The maximum atomic E-state index is 12.9. The molecule has 1 aromatic rings. The molecule has 4 nitrogen and oxygen atoms in total. The highest BCUT2D eigenvalue weighted by Crippen LogP contribution is 2.33. The standard InChI is InChI=1S/C14H23BrN2O2S2/c1-3-8-17(10-12-4-6-16-7-5-12)21(18,19)13-9-11(2)14(15)20-13/h9,12,16H,3-8,10H2,1-2H3. The average Bonchev–Trinajstić information content (AvgIpc) is 2.80. The minimum atomic E-state index is -3.36. The Labute approximate surface area is 140 Å². The molecule has 0 saturated carbocycles. The highest BCUT2D eigenvalue weighted by Gasteiger charge is 2.29. The number of rotatable bonds is 6. The molecule has 1 N–H and O–H groups in total. The van der Waals surface area contributed by atoms with Gasteiger partial charge in [0.15, 0.2) is 0 Å². The molecule has 0 radical (unpaired) electrons. The number of hydrogen-bond donors (Lipinski definition) is 1. The predicted molar refractivity (Wildman–Crippen MR) is 91.4 cm³/mol. The van der Waals surface area contributed by atoms with Crippen molar-refractivity contribution in [2.75, 3.05) is 26.2 Å². The van der Waals surface area contributed by atoms with Gasteiger partial charge in [0.1, 0.15) is 4.21 Å². The molecule has 21 heavy (non-hydrogen) atoms. The van der Waals surface area contributed by atoms with Crippen LogP contribution >= 0.6 is 27.3 Å². The molecule has 1 aliphatic rings. The Kier molecular flexibility index (Phi) is 6.25. The van der Waals surface area contributed by atoms with Gasteiger partial charge in [-0.2, -0.15) is 4.31 Å². The number of nitrogens with one attached hydrogen (secondary N) is 1. The highest BCUT2D eigenvalue weighted by molar-refractivity contribution is 9.11. The van der Waals surface area contributed by atoms with Crippen molar-refractivity contribution in [2.45, 2.75) is 37.3 Å². The molecule has 0 atom stereocenters. The SMILES string of the molecule is CCCN(CC1CCNCC1)S(=O)(=O)c1cc(C)c(Br)s1. The van der Waals surface area contributed by atoms with Crippen molar-refractivity contribution in [3.8, 4) is 0 Å². The van der Waals surface area contributed by atoms with Crippen LogP contribution in [0.25, 0.3) is 0 Å². The van der Waals surface area contributed by atoms with Crippen LogP contribution in [0, 0.1) is 12.8 Å². The normalized spacial score (nSPS) is 17.5. The van der Waals surface area contributed by atoms with Gasteiger partial charge in [-0.05, 0) is 72.8 Å². The van der Waals surface area contributed by atoms with Crippen LogP contribution in [0.5, 0.6) is 0 Å². The van der Waals surface area contributed by atoms with Gasteiger partial charge in [0.25, 0.3) is 10.0 Å². The second-order valence-electron chi connectivity index (χ2n) is 5.58. The molecule has 0 aromatic carbocycles. The van der Waals surface area contributed by atoms with Crippen molar-refractivity contribution in [1.29, 1.82) is 0 Å². The van der Waals surface area contributed by atoms with E-state index in [9.17, 15) is 8.42 Å². The Morgan fingerprint density at radius 1 is 1.43 bits per heavy atom. The molecule has 1 aliphatic heterocycles. The molecule has 0 bridgehead atoms. The predicted octanol–water partition coefficient (Wildman–Crippen LogP) is 3.22. The molecule has 2 heterocycles. The van der Waals surface area contributed by atoms with Gasteiger partial charge in [0, 0.05) is 13.1 Å². The second kappa shape index (κ2) is 7.55. The summed E-state index contributed by atoms with van der Waals surface area (Å²) in [5, 5.41) is 3.33. The second-order valence-corrected chi connectivity index (χ2v) is 10.1. The van der Waals surface area contributed by atoms with E-state index in [1.165, 1.54) is 11.3 Å². The largest absolute Gasteiger partial charge is 0.317 e. The lowest BCUT2D eigenvalue weighted by molar-refractivity contribution is 0.288. The lowest BCUT2D eigenvalue weighted by Crippen LogP contribution is -2.39. The molecule has 1 saturated heterocycles. The van der Waals surface area contributed by atoms with E-state index in [-0.39, 0.29) is 0 Å². The number of thiophene rings is 1.